The van der Waals surface area contributed by atoms with Crippen LogP contribution in [0.25, 0.3) is 31.9 Å². The number of nitrogens with one attached hydrogen (secondary N) is 2. The molecule has 1 amide bonds. The highest BCUT2D eigenvalue weighted by Crippen LogP contribution is 2.39. The van der Waals surface area contributed by atoms with Gasteiger partial charge in [-0.25, -0.2) is 23.4 Å². The molecule has 39 heavy (non-hydrogen) atoms. The number of rotatable bonds is 2. The van der Waals surface area contributed by atoms with E-state index < -0.39 is 15.9 Å². The second-order valence-electron chi connectivity index (χ2n) is 9.19. The van der Waals surface area contributed by atoms with Crippen molar-refractivity contribution in [3.8, 4) is 27.6 Å². The number of fused-ring (bicyclic) bond motifs is 9. The Kier molecular flexibility index (Phi) is 6.20. The van der Waals surface area contributed by atoms with Gasteiger partial charge in [0.1, 0.15) is 12.0 Å². The maximum atomic E-state index is 13.4. The Morgan fingerprint density at radius 2 is 1.85 bits per heavy atom. The Morgan fingerprint density at radius 1 is 0.974 bits per heavy atom. The fourth-order valence-corrected chi connectivity index (χ4v) is 6.38. The molecule has 2 N–H and O–H groups in total. The second kappa shape index (κ2) is 9.71. The van der Waals surface area contributed by atoms with Crippen LogP contribution in [0.2, 0.25) is 0 Å². The summed E-state index contributed by atoms with van der Waals surface area (Å²) in [6.45, 7) is 3.86. The predicted octanol–water partition coefficient (Wildman–Crippen LogP) is 4.65. The number of anilines is 1. The first kappa shape index (κ1) is 24.9. The number of hydrogen-bond acceptors (Lipinski definition) is 9. The molecule has 196 valence electrons. The molecular formula is C27H22N6O4S2. The number of pyridine rings is 2. The van der Waals surface area contributed by atoms with Crippen LogP contribution in [0.5, 0.6) is 5.88 Å². The highest BCUT2D eigenvalue weighted by atomic mass is 32.2. The van der Waals surface area contributed by atoms with Crippen molar-refractivity contribution in [2.75, 3.05) is 4.72 Å². The van der Waals surface area contributed by atoms with Crippen molar-refractivity contribution < 1.29 is 17.9 Å². The van der Waals surface area contributed by atoms with E-state index in [9.17, 15) is 13.2 Å². The van der Waals surface area contributed by atoms with Gasteiger partial charge in [-0.3, -0.25) is 14.5 Å². The number of thiophene rings is 1. The lowest BCUT2D eigenvalue weighted by molar-refractivity contribution is 0.0950. The van der Waals surface area contributed by atoms with Crippen molar-refractivity contribution in [3.05, 3.63) is 78.5 Å². The van der Waals surface area contributed by atoms with E-state index in [1.54, 1.807) is 30.7 Å². The van der Waals surface area contributed by atoms with Crippen molar-refractivity contribution in [1.29, 1.82) is 0 Å². The highest BCUT2D eigenvalue weighted by Gasteiger charge is 2.22. The molecule has 8 bridgehead atoms. The van der Waals surface area contributed by atoms with E-state index in [0.29, 0.717) is 11.3 Å². The normalized spacial score (nSPS) is 14.4. The molecule has 0 saturated carbocycles. The number of carbonyl (C=O) groups excluding carboxylic acids is 1. The molecule has 6 rings (SSSR count). The summed E-state index contributed by atoms with van der Waals surface area (Å²) in [7, 11) is -4.09. The molecule has 5 aromatic rings. The maximum absolute atomic E-state index is 13.4. The minimum atomic E-state index is -4.09. The van der Waals surface area contributed by atoms with E-state index in [0.717, 1.165) is 26.2 Å². The van der Waals surface area contributed by atoms with Crippen LogP contribution in [0.3, 0.4) is 0 Å². The van der Waals surface area contributed by atoms with Gasteiger partial charge in [0.15, 0.2) is 0 Å². The predicted molar refractivity (Wildman–Crippen MR) is 148 cm³/mol. The number of sulfonamides is 1. The van der Waals surface area contributed by atoms with Crippen LogP contribution < -0.4 is 14.8 Å². The van der Waals surface area contributed by atoms with Gasteiger partial charge < -0.3 is 10.1 Å². The van der Waals surface area contributed by atoms with E-state index in [1.165, 1.54) is 35.9 Å². The lowest BCUT2D eigenvalue weighted by Gasteiger charge is -2.16. The van der Waals surface area contributed by atoms with Gasteiger partial charge >= 0.3 is 0 Å². The third-order valence-corrected chi connectivity index (χ3v) is 8.51. The average molecular weight is 559 g/mol. The zero-order valence-corrected chi connectivity index (χ0v) is 22.5. The van der Waals surface area contributed by atoms with Gasteiger partial charge in [-0.05, 0) is 55.8 Å². The van der Waals surface area contributed by atoms with Gasteiger partial charge in [0.2, 0.25) is 5.88 Å². The summed E-state index contributed by atoms with van der Waals surface area (Å²) >= 11 is 1.46. The van der Waals surface area contributed by atoms with Crippen molar-refractivity contribution in [2.45, 2.75) is 31.4 Å². The minimum Gasteiger partial charge on any atom is -0.473 e. The van der Waals surface area contributed by atoms with Gasteiger partial charge in [-0.2, -0.15) is 0 Å². The number of ether oxygens (including phenoxy) is 1. The molecule has 5 heterocycles. The average Bonchev–Trinajstić information content (AvgIpc) is 3.37. The molecule has 0 aliphatic carbocycles. The minimum absolute atomic E-state index is 0.0670. The third kappa shape index (κ3) is 4.91. The van der Waals surface area contributed by atoms with Crippen LogP contribution >= 0.6 is 11.3 Å². The molecule has 1 aliphatic rings. The lowest BCUT2D eigenvalue weighted by Crippen LogP contribution is -2.23. The lowest BCUT2D eigenvalue weighted by atomic mass is 10.1. The molecule has 0 unspecified atom stereocenters. The highest BCUT2D eigenvalue weighted by molar-refractivity contribution is 7.92. The Labute approximate surface area is 228 Å². The Hall–Kier alpha value is -4.42. The second-order valence-corrected chi connectivity index (χ2v) is 11.9. The Morgan fingerprint density at radius 3 is 2.69 bits per heavy atom. The molecule has 0 fully saturated rings. The van der Waals surface area contributed by atoms with E-state index >= 15 is 0 Å². The number of aromatic nitrogens is 4. The summed E-state index contributed by atoms with van der Waals surface area (Å²) in [5, 5.41) is 2.84. The van der Waals surface area contributed by atoms with Crippen LogP contribution in [0.1, 0.15) is 29.8 Å². The molecule has 4 aromatic heterocycles. The van der Waals surface area contributed by atoms with Gasteiger partial charge in [0.25, 0.3) is 15.9 Å². The standard InChI is InChI=1S/C27H22N6O4S2/c1-15(2)37-27-22-8-18(13-30-27)23-9-21-25(38-23)24(32-14-31-21)19-6-16(10-28-12-19)11-29-26(34)17-4-3-5-20(7-17)39(35,36)33-22/h3-10,12-15,33H,11H2,1-2H3,(H,29,34). The van der Waals surface area contributed by atoms with Crippen LogP contribution in [0.15, 0.2) is 72.3 Å². The van der Waals surface area contributed by atoms with Crippen molar-refractivity contribution >= 4 is 43.2 Å². The number of benzene rings is 1. The zero-order valence-electron chi connectivity index (χ0n) is 20.9. The van der Waals surface area contributed by atoms with E-state index in [-0.39, 0.29) is 34.7 Å². The Bertz CT molecular complexity index is 1850. The Balaban J connectivity index is 1.57. The topological polar surface area (TPSA) is 136 Å². The molecule has 0 radical (unpaired) electrons. The SMILES string of the molecule is CC(C)Oc1ncc2cc1NS(=O)(=O)c1cccc(c1)C(=O)NCc1cncc(c1)-c1ncnc3cc-2sc13. The van der Waals surface area contributed by atoms with Crippen molar-refractivity contribution in [3.63, 3.8) is 0 Å². The fraction of sp³-hybridized carbons (Fsp3) is 0.148. The van der Waals surface area contributed by atoms with Crippen LogP contribution in [0.4, 0.5) is 5.69 Å². The van der Waals surface area contributed by atoms with Crippen LogP contribution in [-0.4, -0.2) is 40.4 Å². The number of carbonyl (C=O) groups is 1. The first-order valence-corrected chi connectivity index (χ1v) is 14.3. The summed E-state index contributed by atoms with van der Waals surface area (Å²) < 4.78 is 36.1. The van der Waals surface area contributed by atoms with Crippen LogP contribution in [-0.2, 0) is 16.6 Å². The first-order valence-electron chi connectivity index (χ1n) is 12.0. The monoisotopic (exact) mass is 558 g/mol. The first-order chi connectivity index (χ1) is 18.8. The zero-order chi connectivity index (χ0) is 27.1. The van der Waals surface area contributed by atoms with E-state index in [2.05, 4.69) is 30.0 Å². The van der Waals surface area contributed by atoms with Gasteiger partial charge in [0.05, 0.1) is 26.9 Å². The molecule has 0 spiro atoms. The molecule has 1 aromatic carbocycles. The van der Waals surface area contributed by atoms with Gasteiger partial charge in [0, 0.05) is 46.7 Å². The maximum Gasteiger partial charge on any atom is 0.262 e. The number of nitrogens with zero attached hydrogens (tertiary/aromatic N) is 4. The third-order valence-electron chi connectivity index (χ3n) is 5.97. The number of amides is 1. The number of hydrogen-bond donors (Lipinski definition) is 2. The molecule has 12 heteroatoms. The molecule has 0 saturated heterocycles. The van der Waals surface area contributed by atoms with Crippen molar-refractivity contribution in [1.82, 2.24) is 25.3 Å². The quantitative estimate of drug-likeness (QED) is 0.320. The molecular weight excluding hydrogens is 536 g/mol. The van der Waals surface area contributed by atoms with E-state index in [4.69, 9.17) is 4.74 Å². The summed E-state index contributed by atoms with van der Waals surface area (Å²) in [6, 6.07) is 11.4. The van der Waals surface area contributed by atoms with Gasteiger partial charge in [-0.1, -0.05) is 6.07 Å². The fourth-order valence-electron chi connectivity index (χ4n) is 4.19. The van der Waals surface area contributed by atoms with Crippen LogP contribution in [0, 0.1) is 0 Å². The van der Waals surface area contributed by atoms with Crippen molar-refractivity contribution in [2.24, 2.45) is 0 Å². The summed E-state index contributed by atoms with van der Waals surface area (Å²) in [4.78, 5) is 31.4. The summed E-state index contributed by atoms with van der Waals surface area (Å²) in [5.41, 5.74) is 4.06. The smallest absolute Gasteiger partial charge is 0.262 e. The largest absolute Gasteiger partial charge is 0.473 e. The molecule has 1 aliphatic heterocycles. The van der Waals surface area contributed by atoms with Gasteiger partial charge in [-0.15, -0.1) is 11.3 Å². The summed E-state index contributed by atoms with van der Waals surface area (Å²) in [6.07, 6.45) is 6.28. The summed E-state index contributed by atoms with van der Waals surface area (Å²) in [5.74, 6) is -0.275. The van der Waals surface area contributed by atoms with E-state index in [1.807, 2.05) is 26.0 Å². The molecule has 0 atom stereocenters. The molecule has 10 nitrogen and oxygen atoms in total.